The average molecular weight is 325 g/mol. The summed E-state index contributed by atoms with van der Waals surface area (Å²) in [4.78, 5) is 22.2. The molecular formula is C13H10F3N5O2. The molecule has 0 saturated carbocycles. The fourth-order valence-corrected chi connectivity index (χ4v) is 1.89. The fraction of sp³-hybridized carbons (Fsp3) is 0.231. The molecule has 10 heteroatoms. The Morgan fingerprint density at radius 1 is 1.30 bits per heavy atom. The van der Waals surface area contributed by atoms with Gasteiger partial charge in [-0.3, -0.25) is 19.4 Å². The van der Waals surface area contributed by atoms with Gasteiger partial charge in [0.05, 0.1) is 35.9 Å². The van der Waals surface area contributed by atoms with E-state index in [9.17, 15) is 18.0 Å². The van der Waals surface area contributed by atoms with Crippen LogP contribution in [0, 0.1) is 0 Å². The highest BCUT2D eigenvalue weighted by Crippen LogP contribution is 2.22. The number of nitrogens with one attached hydrogen (secondary N) is 1. The van der Waals surface area contributed by atoms with E-state index < -0.39 is 18.2 Å². The Morgan fingerprint density at radius 2 is 2.13 bits per heavy atom. The lowest BCUT2D eigenvalue weighted by molar-refractivity contribution is -0.137. The molecule has 0 spiro atoms. The van der Waals surface area contributed by atoms with Crippen molar-refractivity contribution in [2.75, 3.05) is 0 Å². The summed E-state index contributed by atoms with van der Waals surface area (Å²) in [6.07, 6.45) is 0.146. The molecule has 0 aliphatic rings. The van der Waals surface area contributed by atoms with Crippen LogP contribution in [0.4, 0.5) is 13.2 Å². The number of nitrogens with zero attached hydrogens (tertiary/aromatic N) is 4. The van der Waals surface area contributed by atoms with Crippen LogP contribution in [0.2, 0.25) is 0 Å². The molecule has 3 rings (SSSR count). The van der Waals surface area contributed by atoms with Crippen molar-refractivity contribution < 1.29 is 17.9 Å². The molecule has 0 aliphatic carbocycles. The third kappa shape index (κ3) is 3.65. The number of alkyl halides is 3. The third-order valence-electron chi connectivity index (χ3n) is 2.94. The topological polar surface area (TPSA) is 85.7 Å². The first-order valence-electron chi connectivity index (χ1n) is 6.52. The van der Waals surface area contributed by atoms with Gasteiger partial charge in [-0.2, -0.15) is 23.3 Å². The molecule has 0 bridgehead atoms. The maximum Gasteiger partial charge on any atom is 0.390 e. The lowest BCUT2D eigenvalue weighted by atomic mass is 10.3. The van der Waals surface area contributed by atoms with E-state index in [0.717, 1.165) is 4.68 Å². The molecule has 0 unspecified atom stereocenters. The highest BCUT2D eigenvalue weighted by Gasteiger charge is 2.26. The van der Waals surface area contributed by atoms with Crippen LogP contribution in [0.25, 0.3) is 10.9 Å². The quantitative estimate of drug-likeness (QED) is 0.795. The summed E-state index contributed by atoms with van der Waals surface area (Å²) in [5.74, 6) is 0.165. The Morgan fingerprint density at radius 3 is 2.91 bits per heavy atom. The molecule has 7 nitrogen and oxygen atoms in total. The first kappa shape index (κ1) is 15.0. The van der Waals surface area contributed by atoms with Crippen LogP contribution in [0.1, 0.15) is 6.42 Å². The van der Waals surface area contributed by atoms with E-state index in [-0.39, 0.29) is 18.3 Å². The Balaban J connectivity index is 1.77. The number of hydrogen-bond donors (Lipinski definition) is 1. The number of aromatic nitrogens is 5. The number of rotatable bonds is 4. The van der Waals surface area contributed by atoms with E-state index in [1.807, 2.05) is 0 Å². The molecule has 0 aromatic carbocycles. The van der Waals surface area contributed by atoms with Gasteiger partial charge in [-0.05, 0) is 6.07 Å². The normalized spacial score (nSPS) is 11.8. The SMILES string of the molecule is O=c1[nH]c(Oc2cnn(CCC(F)(F)F)c2)nc2cnccc12. The molecule has 23 heavy (non-hydrogen) atoms. The van der Waals surface area contributed by atoms with Crippen molar-refractivity contribution in [3.8, 4) is 11.8 Å². The van der Waals surface area contributed by atoms with Crippen molar-refractivity contribution in [3.05, 3.63) is 41.2 Å². The van der Waals surface area contributed by atoms with Crippen LogP contribution in [-0.2, 0) is 6.54 Å². The molecule has 0 atom stereocenters. The highest BCUT2D eigenvalue weighted by atomic mass is 19.4. The summed E-state index contributed by atoms with van der Waals surface area (Å²) < 4.78 is 42.9. The summed E-state index contributed by atoms with van der Waals surface area (Å²) in [6, 6.07) is 1.42. The summed E-state index contributed by atoms with van der Waals surface area (Å²) in [6.45, 7) is -0.321. The van der Waals surface area contributed by atoms with Gasteiger partial charge in [0, 0.05) is 12.7 Å². The second-order valence-electron chi connectivity index (χ2n) is 4.67. The van der Waals surface area contributed by atoms with Crippen LogP contribution in [0.5, 0.6) is 11.8 Å². The smallest absolute Gasteiger partial charge is 0.390 e. The predicted molar refractivity (Wildman–Crippen MR) is 73.1 cm³/mol. The van der Waals surface area contributed by atoms with Gasteiger partial charge in [0.25, 0.3) is 5.56 Å². The second kappa shape index (κ2) is 5.71. The Hall–Kier alpha value is -2.91. The van der Waals surface area contributed by atoms with Crippen LogP contribution in [0.15, 0.2) is 35.6 Å². The van der Waals surface area contributed by atoms with Gasteiger partial charge in [-0.15, -0.1) is 0 Å². The van der Waals surface area contributed by atoms with Crippen LogP contribution >= 0.6 is 0 Å². The minimum absolute atomic E-state index is 0.0918. The molecular weight excluding hydrogens is 315 g/mol. The van der Waals surface area contributed by atoms with E-state index in [1.54, 1.807) is 0 Å². The van der Waals surface area contributed by atoms with Crippen molar-refractivity contribution in [1.29, 1.82) is 0 Å². The number of pyridine rings is 1. The van der Waals surface area contributed by atoms with Gasteiger partial charge >= 0.3 is 12.2 Å². The van der Waals surface area contributed by atoms with Crippen molar-refractivity contribution in [1.82, 2.24) is 24.7 Å². The van der Waals surface area contributed by atoms with E-state index in [0.29, 0.717) is 10.9 Å². The monoisotopic (exact) mass is 325 g/mol. The Bertz CT molecular complexity index is 887. The zero-order valence-corrected chi connectivity index (χ0v) is 11.5. The summed E-state index contributed by atoms with van der Waals surface area (Å²) >= 11 is 0. The molecule has 3 aromatic heterocycles. The van der Waals surface area contributed by atoms with Crippen molar-refractivity contribution in [2.45, 2.75) is 19.1 Å². The number of H-pyrrole nitrogens is 1. The van der Waals surface area contributed by atoms with Crippen molar-refractivity contribution >= 4 is 10.9 Å². The molecule has 0 radical (unpaired) electrons. The molecule has 3 aromatic rings. The van der Waals surface area contributed by atoms with Gasteiger partial charge in [-0.1, -0.05) is 0 Å². The maximum atomic E-state index is 12.2. The lowest BCUT2D eigenvalue weighted by Crippen LogP contribution is -2.12. The highest BCUT2D eigenvalue weighted by molar-refractivity contribution is 5.76. The van der Waals surface area contributed by atoms with Gasteiger partial charge in [0.2, 0.25) is 0 Å². The lowest BCUT2D eigenvalue weighted by Gasteiger charge is -2.05. The van der Waals surface area contributed by atoms with E-state index in [4.69, 9.17) is 4.74 Å². The molecule has 0 amide bonds. The second-order valence-corrected chi connectivity index (χ2v) is 4.67. The van der Waals surface area contributed by atoms with Gasteiger partial charge in [0.1, 0.15) is 0 Å². The summed E-state index contributed by atoms with van der Waals surface area (Å²) in [7, 11) is 0. The van der Waals surface area contributed by atoms with Gasteiger partial charge in [0.15, 0.2) is 5.75 Å². The van der Waals surface area contributed by atoms with Crippen LogP contribution in [0.3, 0.4) is 0 Å². The number of ether oxygens (including phenoxy) is 1. The van der Waals surface area contributed by atoms with Crippen molar-refractivity contribution in [3.63, 3.8) is 0 Å². The summed E-state index contributed by atoms with van der Waals surface area (Å²) in [5.41, 5.74) is -0.0624. The molecule has 3 heterocycles. The van der Waals surface area contributed by atoms with E-state index in [1.165, 1.54) is 30.9 Å². The number of aryl methyl sites for hydroxylation is 1. The number of aromatic amines is 1. The average Bonchev–Trinajstić information content (AvgIpc) is 2.92. The molecule has 0 aliphatic heterocycles. The number of fused-ring (bicyclic) bond motifs is 1. The maximum absolute atomic E-state index is 12.2. The fourth-order valence-electron chi connectivity index (χ4n) is 1.89. The number of hydrogen-bond acceptors (Lipinski definition) is 5. The number of halogens is 3. The first-order valence-corrected chi connectivity index (χ1v) is 6.52. The molecule has 120 valence electrons. The van der Waals surface area contributed by atoms with Crippen LogP contribution < -0.4 is 10.3 Å². The van der Waals surface area contributed by atoms with E-state index >= 15 is 0 Å². The van der Waals surface area contributed by atoms with Gasteiger partial charge in [-0.25, -0.2) is 0 Å². The van der Waals surface area contributed by atoms with Crippen LogP contribution in [-0.4, -0.2) is 30.9 Å². The zero-order chi connectivity index (χ0) is 16.4. The van der Waals surface area contributed by atoms with Gasteiger partial charge < -0.3 is 4.74 Å². The minimum Gasteiger partial charge on any atom is -0.422 e. The molecule has 1 N–H and O–H groups in total. The zero-order valence-electron chi connectivity index (χ0n) is 11.5. The minimum atomic E-state index is -4.26. The summed E-state index contributed by atoms with van der Waals surface area (Å²) in [5, 5.41) is 4.11. The molecule has 0 saturated heterocycles. The first-order chi connectivity index (χ1) is 10.9. The van der Waals surface area contributed by atoms with Crippen molar-refractivity contribution in [2.24, 2.45) is 0 Å². The Labute approximate surface area is 126 Å². The standard InChI is InChI=1S/C13H10F3N5O2/c14-13(15,16)2-4-21-7-8(5-18-21)23-12-19-10-6-17-3-1-9(10)11(22)20-12/h1,3,5-7H,2,4H2,(H,19,20,22). The predicted octanol–water partition coefficient (Wildman–Crippen LogP) is 2.26. The largest absolute Gasteiger partial charge is 0.422 e. The van der Waals surface area contributed by atoms with E-state index in [2.05, 4.69) is 20.1 Å². The third-order valence-corrected chi connectivity index (χ3v) is 2.94. The molecule has 0 fully saturated rings. The Kier molecular flexibility index (Phi) is 3.72.